The van der Waals surface area contributed by atoms with E-state index < -0.39 is 11.9 Å². The maximum absolute atomic E-state index is 12.1. The van der Waals surface area contributed by atoms with Crippen LogP contribution in [-0.4, -0.2) is 11.9 Å². The molecule has 136 valence electrons. The number of amides is 3. The minimum Gasteiger partial charge on any atom is -0.308 e. The van der Waals surface area contributed by atoms with Gasteiger partial charge in [0, 0.05) is 20.5 Å². The third kappa shape index (κ3) is 5.50. The maximum atomic E-state index is 12.1. The Kier molecular flexibility index (Phi) is 6.40. The molecule has 0 bridgehead atoms. The van der Waals surface area contributed by atoms with E-state index in [0.717, 1.165) is 9.79 Å². The Hall–Kier alpha value is -2.47. The lowest BCUT2D eigenvalue weighted by atomic mass is 10.2. The van der Waals surface area contributed by atoms with Crippen molar-refractivity contribution in [2.45, 2.75) is 9.79 Å². The summed E-state index contributed by atoms with van der Waals surface area (Å²) in [6.07, 6.45) is 0. The van der Waals surface area contributed by atoms with Crippen LogP contribution in [0.15, 0.2) is 82.6 Å². The van der Waals surface area contributed by atoms with Crippen molar-refractivity contribution in [3.05, 3.63) is 88.4 Å². The first-order chi connectivity index (χ1) is 13.0. The third-order valence-electron chi connectivity index (χ3n) is 3.51. The van der Waals surface area contributed by atoms with Crippen molar-refractivity contribution in [2.24, 2.45) is 0 Å². The van der Waals surface area contributed by atoms with E-state index in [1.54, 1.807) is 48.2 Å². The summed E-state index contributed by atoms with van der Waals surface area (Å²) >= 11 is 13.4. The highest BCUT2D eigenvalue weighted by Gasteiger charge is 2.13. The van der Waals surface area contributed by atoms with E-state index in [-0.39, 0.29) is 10.6 Å². The molecule has 0 saturated carbocycles. The molecule has 7 heteroatoms. The van der Waals surface area contributed by atoms with E-state index in [1.165, 1.54) is 0 Å². The van der Waals surface area contributed by atoms with Gasteiger partial charge < -0.3 is 5.32 Å². The fourth-order valence-corrected chi connectivity index (χ4v) is 3.39. The van der Waals surface area contributed by atoms with Crippen LogP contribution in [-0.2, 0) is 0 Å². The lowest BCUT2D eigenvalue weighted by Gasteiger charge is -2.08. The summed E-state index contributed by atoms with van der Waals surface area (Å²) in [5, 5.41) is 5.85. The van der Waals surface area contributed by atoms with Crippen LogP contribution >= 0.6 is 35.0 Å². The average Bonchev–Trinajstić information content (AvgIpc) is 2.65. The number of carbonyl (C=O) groups is 2. The summed E-state index contributed by atoms with van der Waals surface area (Å²) < 4.78 is 0. The number of anilines is 1. The zero-order chi connectivity index (χ0) is 19.2. The van der Waals surface area contributed by atoms with Crippen molar-refractivity contribution in [3.8, 4) is 0 Å². The van der Waals surface area contributed by atoms with Crippen molar-refractivity contribution < 1.29 is 9.59 Å². The number of rotatable bonds is 4. The van der Waals surface area contributed by atoms with Gasteiger partial charge in [-0.05, 0) is 60.7 Å². The van der Waals surface area contributed by atoms with Crippen LogP contribution in [0.4, 0.5) is 10.5 Å². The Labute approximate surface area is 170 Å². The molecule has 0 aliphatic rings. The van der Waals surface area contributed by atoms with Crippen LogP contribution in [0.5, 0.6) is 0 Å². The Morgan fingerprint density at radius 1 is 0.778 bits per heavy atom. The van der Waals surface area contributed by atoms with Gasteiger partial charge >= 0.3 is 6.03 Å². The van der Waals surface area contributed by atoms with Crippen molar-refractivity contribution in [1.82, 2.24) is 5.32 Å². The summed E-state index contributed by atoms with van der Waals surface area (Å²) in [5.41, 5.74) is 0.809. The van der Waals surface area contributed by atoms with Crippen molar-refractivity contribution >= 4 is 52.6 Å². The number of carbonyl (C=O) groups excluding carboxylic acids is 2. The molecule has 0 unspecified atom stereocenters. The lowest BCUT2D eigenvalue weighted by molar-refractivity contribution is 0.0967. The summed E-state index contributed by atoms with van der Waals surface area (Å²) in [7, 11) is 0. The summed E-state index contributed by atoms with van der Waals surface area (Å²) in [5.74, 6) is -0.562. The van der Waals surface area contributed by atoms with Gasteiger partial charge in [-0.2, -0.15) is 0 Å². The van der Waals surface area contributed by atoms with E-state index in [4.69, 9.17) is 23.2 Å². The largest absolute Gasteiger partial charge is 0.326 e. The van der Waals surface area contributed by atoms with Crippen LogP contribution in [0, 0.1) is 0 Å². The number of halogens is 2. The van der Waals surface area contributed by atoms with Gasteiger partial charge in [-0.1, -0.05) is 47.1 Å². The molecule has 4 nitrogen and oxygen atoms in total. The summed E-state index contributed by atoms with van der Waals surface area (Å²) in [4.78, 5) is 26.2. The molecule has 3 aromatic carbocycles. The van der Waals surface area contributed by atoms with Gasteiger partial charge in [0.1, 0.15) is 0 Å². The van der Waals surface area contributed by atoms with Gasteiger partial charge in [0.05, 0.1) is 10.6 Å². The molecule has 0 aliphatic heterocycles. The minimum absolute atomic E-state index is 0.240. The van der Waals surface area contributed by atoms with E-state index in [1.807, 2.05) is 36.4 Å². The van der Waals surface area contributed by atoms with Crippen LogP contribution in [0.2, 0.25) is 10.0 Å². The van der Waals surface area contributed by atoms with Gasteiger partial charge in [0.15, 0.2) is 0 Å². The van der Waals surface area contributed by atoms with Gasteiger partial charge in [-0.15, -0.1) is 0 Å². The quantitative estimate of drug-likeness (QED) is 0.539. The third-order valence-corrected chi connectivity index (χ3v) is 5.10. The van der Waals surface area contributed by atoms with Gasteiger partial charge in [-0.3, -0.25) is 10.1 Å². The van der Waals surface area contributed by atoms with Gasteiger partial charge in [0.2, 0.25) is 0 Å². The molecule has 0 spiro atoms. The van der Waals surface area contributed by atoms with Crippen LogP contribution < -0.4 is 10.6 Å². The second-order valence-electron chi connectivity index (χ2n) is 5.47. The summed E-state index contributed by atoms with van der Waals surface area (Å²) in [6, 6.07) is 20.7. The molecule has 3 rings (SSSR count). The Bertz CT molecular complexity index is 960. The second-order valence-corrected chi connectivity index (χ2v) is 7.46. The van der Waals surface area contributed by atoms with Gasteiger partial charge in [-0.25, -0.2) is 4.79 Å². The van der Waals surface area contributed by atoms with E-state index in [9.17, 15) is 9.59 Å². The molecule has 0 atom stereocenters. The van der Waals surface area contributed by atoms with Crippen LogP contribution in [0.1, 0.15) is 10.4 Å². The van der Waals surface area contributed by atoms with Crippen LogP contribution in [0.25, 0.3) is 0 Å². The fourth-order valence-electron chi connectivity index (χ4n) is 2.22. The summed E-state index contributed by atoms with van der Waals surface area (Å²) in [6.45, 7) is 0. The zero-order valence-electron chi connectivity index (χ0n) is 13.9. The van der Waals surface area contributed by atoms with E-state index >= 15 is 0 Å². The molecule has 0 aliphatic carbocycles. The van der Waals surface area contributed by atoms with Crippen molar-refractivity contribution in [2.75, 3.05) is 5.32 Å². The SMILES string of the molecule is O=C(NC(=O)c1ccccc1Cl)Nc1ccc(Sc2ccc(Cl)cc2)cc1. The standard InChI is InChI=1S/C20H14Cl2N2O2S/c21-13-5-9-15(10-6-13)27-16-11-7-14(8-12-16)23-20(26)24-19(25)17-3-1-2-4-18(17)22/h1-12H,(H2,23,24,25,26). The minimum atomic E-state index is -0.627. The number of benzene rings is 3. The second kappa shape index (κ2) is 8.95. The first-order valence-corrected chi connectivity index (χ1v) is 9.49. The van der Waals surface area contributed by atoms with Crippen molar-refractivity contribution in [3.63, 3.8) is 0 Å². The molecule has 2 N–H and O–H groups in total. The number of hydrogen-bond donors (Lipinski definition) is 2. The van der Waals surface area contributed by atoms with Crippen LogP contribution in [0.3, 0.4) is 0 Å². The monoisotopic (exact) mass is 416 g/mol. The Morgan fingerprint density at radius 3 is 2.00 bits per heavy atom. The predicted octanol–water partition coefficient (Wildman–Crippen LogP) is 6.11. The molecule has 0 heterocycles. The molecular formula is C20H14Cl2N2O2S. The average molecular weight is 417 g/mol. The molecule has 0 aromatic heterocycles. The first kappa shape index (κ1) is 19.3. The topological polar surface area (TPSA) is 58.2 Å². The number of urea groups is 1. The molecule has 27 heavy (non-hydrogen) atoms. The first-order valence-electron chi connectivity index (χ1n) is 7.91. The smallest absolute Gasteiger partial charge is 0.308 e. The van der Waals surface area contributed by atoms with E-state index in [2.05, 4.69) is 10.6 Å². The zero-order valence-corrected chi connectivity index (χ0v) is 16.2. The Balaban J connectivity index is 1.57. The van der Waals surface area contributed by atoms with E-state index in [0.29, 0.717) is 10.7 Å². The highest BCUT2D eigenvalue weighted by Crippen LogP contribution is 2.29. The number of imide groups is 1. The fraction of sp³-hybridized carbons (Fsp3) is 0. The van der Waals surface area contributed by atoms with Crippen molar-refractivity contribution in [1.29, 1.82) is 0 Å². The van der Waals surface area contributed by atoms with Gasteiger partial charge in [0.25, 0.3) is 5.91 Å². The molecule has 0 radical (unpaired) electrons. The number of hydrogen-bond acceptors (Lipinski definition) is 3. The normalized spacial score (nSPS) is 10.3. The lowest BCUT2D eigenvalue weighted by Crippen LogP contribution is -2.34. The maximum Gasteiger partial charge on any atom is 0.326 e. The molecule has 0 saturated heterocycles. The molecule has 3 amide bonds. The molecule has 3 aromatic rings. The number of nitrogens with one attached hydrogen (secondary N) is 2. The highest BCUT2D eigenvalue weighted by molar-refractivity contribution is 7.99. The highest BCUT2D eigenvalue weighted by atomic mass is 35.5. The predicted molar refractivity (Wildman–Crippen MR) is 110 cm³/mol. The molecule has 0 fully saturated rings. The Morgan fingerprint density at radius 2 is 1.37 bits per heavy atom. The molecular weight excluding hydrogens is 403 g/mol.